The molecule has 0 saturated heterocycles. The van der Waals surface area contributed by atoms with Crippen LogP contribution in [0.25, 0.3) is 10.9 Å². The average Bonchev–Trinajstić information content (AvgIpc) is 2.70. The van der Waals surface area contributed by atoms with E-state index in [1.807, 2.05) is 32.0 Å². The number of carbonyl (C=O) groups excluding carboxylic acids is 1. The van der Waals surface area contributed by atoms with E-state index in [4.69, 9.17) is 4.74 Å². The first-order valence-electron chi connectivity index (χ1n) is 6.58. The minimum atomic E-state index is -0.0557. The van der Waals surface area contributed by atoms with Crippen LogP contribution in [0.4, 0.5) is 0 Å². The highest BCUT2D eigenvalue weighted by Crippen LogP contribution is 2.22. The molecule has 1 aromatic heterocycles. The Kier molecular flexibility index (Phi) is 4.22. The minimum absolute atomic E-state index is 0.0557. The number of benzene rings is 1. The predicted molar refractivity (Wildman–Crippen MR) is 76.6 cm³/mol. The fourth-order valence-electron chi connectivity index (χ4n) is 2.09. The lowest BCUT2D eigenvalue weighted by Crippen LogP contribution is -2.27. The second-order valence-electron chi connectivity index (χ2n) is 4.59. The Hall–Kier alpha value is -1.81. The molecule has 4 heteroatoms. The average molecular weight is 260 g/mol. The van der Waals surface area contributed by atoms with Crippen LogP contribution in [-0.2, 0) is 4.74 Å². The van der Waals surface area contributed by atoms with Gasteiger partial charge in [-0.2, -0.15) is 0 Å². The molecule has 19 heavy (non-hydrogen) atoms. The molecule has 0 bridgehead atoms. The molecule has 2 rings (SSSR count). The third-order valence-electron chi connectivity index (χ3n) is 3.31. The number of nitrogens with one attached hydrogen (secondary N) is 2. The first kappa shape index (κ1) is 13.6. The standard InChI is InChI=1S/C15H20N2O2/c1-4-19-8-7-16-15(18)12-5-6-14-13(9-12)10(2)11(3)17-14/h5-6,9,17H,4,7-8H2,1-3H3,(H,16,18). The molecule has 102 valence electrons. The van der Waals surface area contributed by atoms with Crippen molar-refractivity contribution in [2.75, 3.05) is 19.8 Å². The van der Waals surface area contributed by atoms with Gasteiger partial charge in [-0.15, -0.1) is 0 Å². The van der Waals surface area contributed by atoms with E-state index in [2.05, 4.69) is 17.2 Å². The Labute approximate surface area is 113 Å². The van der Waals surface area contributed by atoms with Gasteiger partial charge in [-0.25, -0.2) is 0 Å². The Morgan fingerprint density at radius 1 is 1.37 bits per heavy atom. The molecular weight excluding hydrogens is 240 g/mol. The summed E-state index contributed by atoms with van der Waals surface area (Å²) in [5.74, 6) is -0.0557. The van der Waals surface area contributed by atoms with E-state index in [1.165, 1.54) is 5.56 Å². The van der Waals surface area contributed by atoms with Gasteiger partial charge >= 0.3 is 0 Å². The molecule has 0 fully saturated rings. The Morgan fingerprint density at radius 3 is 2.89 bits per heavy atom. The lowest BCUT2D eigenvalue weighted by atomic mass is 10.1. The van der Waals surface area contributed by atoms with Gasteiger partial charge in [-0.3, -0.25) is 4.79 Å². The summed E-state index contributed by atoms with van der Waals surface area (Å²) >= 11 is 0. The molecule has 1 amide bonds. The van der Waals surface area contributed by atoms with Crippen LogP contribution in [0.5, 0.6) is 0 Å². The second-order valence-corrected chi connectivity index (χ2v) is 4.59. The zero-order valence-electron chi connectivity index (χ0n) is 11.7. The van der Waals surface area contributed by atoms with Gasteiger partial charge in [0.2, 0.25) is 0 Å². The first-order valence-corrected chi connectivity index (χ1v) is 6.58. The van der Waals surface area contributed by atoms with E-state index in [0.29, 0.717) is 25.3 Å². The van der Waals surface area contributed by atoms with Crippen molar-refractivity contribution in [2.24, 2.45) is 0 Å². The van der Waals surface area contributed by atoms with E-state index >= 15 is 0 Å². The number of hydrogen-bond donors (Lipinski definition) is 2. The molecule has 2 N–H and O–H groups in total. The van der Waals surface area contributed by atoms with Gasteiger partial charge in [0, 0.05) is 35.3 Å². The molecule has 0 aliphatic rings. The summed E-state index contributed by atoms with van der Waals surface area (Å²) in [7, 11) is 0. The van der Waals surface area contributed by atoms with Crippen molar-refractivity contribution >= 4 is 16.8 Å². The zero-order valence-corrected chi connectivity index (χ0v) is 11.7. The lowest BCUT2D eigenvalue weighted by molar-refractivity contribution is 0.0922. The molecule has 0 atom stereocenters. The highest BCUT2D eigenvalue weighted by Gasteiger charge is 2.09. The van der Waals surface area contributed by atoms with Gasteiger partial charge in [0.05, 0.1) is 6.61 Å². The van der Waals surface area contributed by atoms with E-state index in [1.54, 1.807) is 0 Å². The van der Waals surface area contributed by atoms with Crippen molar-refractivity contribution in [2.45, 2.75) is 20.8 Å². The van der Waals surface area contributed by atoms with Gasteiger partial charge in [0.1, 0.15) is 0 Å². The van der Waals surface area contributed by atoms with Gasteiger partial charge in [0.15, 0.2) is 0 Å². The van der Waals surface area contributed by atoms with Crippen LogP contribution in [-0.4, -0.2) is 30.6 Å². The topological polar surface area (TPSA) is 54.1 Å². The van der Waals surface area contributed by atoms with Crippen LogP contribution in [0, 0.1) is 13.8 Å². The van der Waals surface area contributed by atoms with E-state index in [-0.39, 0.29) is 5.91 Å². The van der Waals surface area contributed by atoms with Crippen molar-refractivity contribution < 1.29 is 9.53 Å². The molecule has 0 spiro atoms. The van der Waals surface area contributed by atoms with Crippen molar-refractivity contribution in [3.05, 3.63) is 35.0 Å². The summed E-state index contributed by atoms with van der Waals surface area (Å²) in [6, 6.07) is 5.73. The Bertz CT molecular complexity index is 587. The number of H-pyrrole nitrogens is 1. The molecule has 4 nitrogen and oxygen atoms in total. The third-order valence-corrected chi connectivity index (χ3v) is 3.31. The van der Waals surface area contributed by atoms with E-state index < -0.39 is 0 Å². The smallest absolute Gasteiger partial charge is 0.251 e. The normalized spacial score (nSPS) is 10.9. The number of aryl methyl sites for hydroxylation is 2. The van der Waals surface area contributed by atoms with Crippen LogP contribution in [0.3, 0.4) is 0 Å². The number of fused-ring (bicyclic) bond motifs is 1. The minimum Gasteiger partial charge on any atom is -0.380 e. The highest BCUT2D eigenvalue weighted by molar-refractivity contribution is 5.99. The van der Waals surface area contributed by atoms with Crippen molar-refractivity contribution in [3.63, 3.8) is 0 Å². The summed E-state index contributed by atoms with van der Waals surface area (Å²) < 4.78 is 5.19. The quantitative estimate of drug-likeness (QED) is 0.812. The zero-order chi connectivity index (χ0) is 13.8. The number of hydrogen-bond acceptors (Lipinski definition) is 2. The van der Waals surface area contributed by atoms with Crippen molar-refractivity contribution in [1.29, 1.82) is 0 Å². The maximum atomic E-state index is 12.0. The van der Waals surface area contributed by atoms with E-state index in [9.17, 15) is 4.79 Å². The molecule has 0 aliphatic heterocycles. The lowest BCUT2D eigenvalue weighted by Gasteiger charge is -2.05. The van der Waals surface area contributed by atoms with Gasteiger partial charge < -0.3 is 15.0 Å². The summed E-state index contributed by atoms with van der Waals surface area (Å²) in [4.78, 5) is 15.3. The summed E-state index contributed by atoms with van der Waals surface area (Å²) in [5.41, 5.74) is 4.09. The largest absolute Gasteiger partial charge is 0.380 e. The molecule has 0 radical (unpaired) electrons. The molecule has 0 unspecified atom stereocenters. The van der Waals surface area contributed by atoms with Gasteiger partial charge in [-0.1, -0.05) is 0 Å². The van der Waals surface area contributed by atoms with Crippen LogP contribution in [0.15, 0.2) is 18.2 Å². The summed E-state index contributed by atoms with van der Waals surface area (Å²) in [6.45, 7) is 7.79. The number of aromatic nitrogens is 1. The van der Waals surface area contributed by atoms with E-state index in [0.717, 1.165) is 16.6 Å². The Balaban J connectivity index is 2.12. The number of carbonyl (C=O) groups is 1. The summed E-state index contributed by atoms with van der Waals surface area (Å²) in [5, 5.41) is 3.96. The van der Waals surface area contributed by atoms with Crippen LogP contribution >= 0.6 is 0 Å². The molecule has 2 aromatic rings. The highest BCUT2D eigenvalue weighted by atomic mass is 16.5. The summed E-state index contributed by atoms with van der Waals surface area (Å²) in [6.07, 6.45) is 0. The molecule has 0 aliphatic carbocycles. The fraction of sp³-hybridized carbons (Fsp3) is 0.400. The maximum Gasteiger partial charge on any atom is 0.251 e. The number of aromatic amines is 1. The van der Waals surface area contributed by atoms with Gasteiger partial charge in [0.25, 0.3) is 5.91 Å². The monoisotopic (exact) mass is 260 g/mol. The first-order chi connectivity index (χ1) is 9.13. The maximum absolute atomic E-state index is 12.0. The number of ether oxygens (including phenoxy) is 1. The van der Waals surface area contributed by atoms with Crippen LogP contribution in [0.1, 0.15) is 28.5 Å². The predicted octanol–water partition coefficient (Wildman–Crippen LogP) is 2.55. The van der Waals surface area contributed by atoms with Crippen LogP contribution < -0.4 is 5.32 Å². The third kappa shape index (κ3) is 2.96. The molecule has 0 saturated carbocycles. The molecule has 1 heterocycles. The van der Waals surface area contributed by atoms with Crippen molar-refractivity contribution in [3.8, 4) is 0 Å². The fourth-order valence-corrected chi connectivity index (χ4v) is 2.09. The second kappa shape index (κ2) is 5.89. The van der Waals surface area contributed by atoms with Crippen molar-refractivity contribution in [1.82, 2.24) is 10.3 Å². The molecular formula is C15H20N2O2. The van der Waals surface area contributed by atoms with Crippen LogP contribution in [0.2, 0.25) is 0 Å². The molecule has 1 aromatic carbocycles. The SMILES string of the molecule is CCOCCNC(=O)c1ccc2[nH]c(C)c(C)c2c1. The van der Waals surface area contributed by atoms with Gasteiger partial charge in [-0.05, 0) is 44.5 Å². The number of rotatable bonds is 5. The Morgan fingerprint density at radius 2 is 2.16 bits per heavy atom. The number of amides is 1.